The third kappa shape index (κ3) is 5.06. The van der Waals surface area contributed by atoms with Crippen LogP contribution >= 0.6 is 23.2 Å². The summed E-state index contributed by atoms with van der Waals surface area (Å²) in [6.45, 7) is 7.82. The minimum Gasteiger partial charge on any atom is -0.479 e. The molecule has 0 spiro atoms. The van der Waals surface area contributed by atoms with Crippen molar-refractivity contribution in [1.29, 1.82) is 0 Å². The number of carbonyl (C=O) groups is 1. The summed E-state index contributed by atoms with van der Waals surface area (Å²) in [6.07, 6.45) is 0.140. The normalized spacial score (nSPS) is 12.9. The lowest BCUT2D eigenvalue weighted by Gasteiger charge is -2.27. The summed E-state index contributed by atoms with van der Waals surface area (Å²) in [7, 11) is 0. The van der Waals surface area contributed by atoms with Crippen LogP contribution in [-0.2, 0) is 11.3 Å². The van der Waals surface area contributed by atoms with Gasteiger partial charge in [-0.1, -0.05) is 30.1 Å². The molecule has 4 nitrogen and oxygen atoms in total. The van der Waals surface area contributed by atoms with Crippen molar-refractivity contribution in [3.63, 3.8) is 0 Å². The quantitative estimate of drug-likeness (QED) is 0.837. The molecule has 1 aromatic rings. The van der Waals surface area contributed by atoms with Gasteiger partial charge in [0.2, 0.25) is 0 Å². The van der Waals surface area contributed by atoms with Gasteiger partial charge in [-0.3, -0.25) is 4.79 Å². The van der Waals surface area contributed by atoms with Crippen LogP contribution in [0.15, 0.2) is 12.1 Å². The van der Waals surface area contributed by atoms with Gasteiger partial charge in [0.25, 0.3) is 5.91 Å². The number of amides is 1. The van der Waals surface area contributed by atoms with Gasteiger partial charge in [0, 0.05) is 22.7 Å². The third-order valence-electron chi connectivity index (χ3n) is 3.31. The van der Waals surface area contributed by atoms with E-state index in [2.05, 4.69) is 5.32 Å². The van der Waals surface area contributed by atoms with Crippen molar-refractivity contribution in [2.75, 3.05) is 0 Å². The van der Waals surface area contributed by atoms with Crippen LogP contribution in [-0.4, -0.2) is 17.6 Å². The Morgan fingerprint density at radius 3 is 2.57 bits per heavy atom. The van der Waals surface area contributed by atoms with E-state index >= 15 is 0 Å². The van der Waals surface area contributed by atoms with E-state index < -0.39 is 6.10 Å². The highest BCUT2D eigenvalue weighted by Gasteiger charge is 2.24. The van der Waals surface area contributed by atoms with E-state index in [1.54, 1.807) is 19.1 Å². The van der Waals surface area contributed by atoms with Crippen LogP contribution in [0.25, 0.3) is 0 Å². The van der Waals surface area contributed by atoms with Gasteiger partial charge < -0.3 is 15.8 Å². The maximum atomic E-state index is 12.2. The number of nitrogens with two attached hydrogens (primary N) is 1. The monoisotopic (exact) mass is 332 g/mol. The average molecular weight is 333 g/mol. The van der Waals surface area contributed by atoms with Crippen molar-refractivity contribution in [3.05, 3.63) is 27.7 Å². The third-order valence-corrected chi connectivity index (χ3v) is 3.81. The Morgan fingerprint density at radius 2 is 2.05 bits per heavy atom. The first-order valence-corrected chi connectivity index (χ1v) is 7.62. The number of carbonyl (C=O) groups excluding carboxylic acids is 1. The number of rotatable bonds is 6. The molecule has 0 aromatic heterocycles. The van der Waals surface area contributed by atoms with Crippen molar-refractivity contribution >= 4 is 29.1 Å². The molecule has 21 heavy (non-hydrogen) atoms. The van der Waals surface area contributed by atoms with E-state index in [1.807, 2.05) is 20.8 Å². The van der Waals surface area contributed by atoms with E-state index in [1.165, 1.54) is 0 Å². The molecule has 0 aliphatic carbocycles. The summed E-state index contributed by atoms with van der Waals surface area (Å²) in [5, 5.41) is 3.76. The molecule has 0 aliphatic rings. The molecule has 1 unspecified atom stereocenters. The lowest BCUT2D eigenvalue weighted by molar-refractivity contribution is -0.129. The van der Waals surface area contributed by atoms with E-state index in [0.717, 1.165) is 6.42 Å². The highest BCUT2D eigenvalue weighted by molar-refractivity contribution is 6.35. The van der Waals surface area contributed by atoms with Gasteiger partial charge >= 0.3 is 0 Å². The molecule has 0 saturated carbocycles. The Bertz CT molecular complexity index is 519. The lowest BCUT2D eigenvalue weighted by atomic mass is 10.0. The fourth-order valence-electron chi connectivity index (χ4n) is 1.65. The SMILES string of the molecule is CCC(C)(C)NC(=O)C(C)Oc1c(Cl)cc(Cl)cc1CN. The maximum absolute atomic E-state index is 12.2. The number of ether oxygens (including phenoxy) is 1. The van der Waals surface area contributed by atoms with Gasteiger partial charge in [-0.2, -0.15) is 0 Å². The Hall–Kier alpha value is -0.970. The number of nitrogens with one attached hydrogen (secondary N) is 1. The van der Waals surface area contributed by atoms with Gasteiger partial charge in [0.1, 0.15) is 5.75 Å². The molecule has 0 fully saturated rings. The molecule has 1 aromatic carbocycles. The molecule has 0 heterocycles. The van der Waals surface area contributed by atoms with Gasteiger partial charge in [-0.15, -0.1) is 0 Å². The van der Waals surface area contributed by atoms with Gasteiger partial charge in [-0.25, -0.2) is 0 Å². The second kappa shape index (κ2) is 7.34. The van der Waals surface area contributed by atoms with Crippen molar-refractivity contribution in [1.82, 2.24) is 5.32 Å². The minimum atomic E-state index is -0.681. The summed E-state index contributed by atoms with van der Waals surface area (Å²) < 4.78 is 5.69. The highest BCUT2D eigenvalue weighted by atomic mass is 35.5. The number of benzene rings is 1. The molecule has 1 rings (SSSR count). The average Bonchev–Trinajstić information content (AvgIpc) is 2.40. The topological polar surface area (TPSA) is 64.3 Å². The van der Waals surface area contributed by atoms with E-state index in [0.29, 0.717) is 21.4 Å². The molecule has 6 heteroatoms. The molecule has 118 valence electrons. The van der Waals surface area contributed by atoms with Crippen molar-refractivity contribution < 1.29 is 9.53 Å². The van der Waals surface area contributed by atoms with E-state index in [9.17, 15) is 4.79 Å². The van der Waals surface area contributed by atoms with Crippen LogP contribution in [0.4, 0.5) is 0 Å². The number of hydrogen-bond acceptors (Lipinski definition) is 3. The van der Waals surface area contributed by atoms with Crippen molar-refractivity contribution in [2.45, 2.75) is 52.3 Å². The van der Waals surface area contributed by atoms with Crippen LogP contribution in [0, 0.1) is 0 Å². The Morgan fingerprint density at radius 1 is 1.43 bits per heavy atom. The molecule has 1 atom stereocenters. The fourth-order valence-corrected chi connectivity index (χ4v) is 2.23. The van der Waals surface area contributed by atoms with Gasteiger partial charge in [0.15, 0.2) is 6.10 Å². The van der Waals surface area contributed by atoms with Crippen molar-refractivity contribution in [3.8, 4) is 5.75 Å². The molecular weight excluding hydrogens is 311 g/mol. The second-order valence-corrected chi connectivity index (χ2v) is 6.41. The summed E-state index contributed by atoms with van der Waals surface area (Å²) in [5.74, 6) is 0.205. The summed E-state index contributed by atoms with van der Waals surface area (Å²) >= 11 is 12.1. The summed E-state index contributed by atoms with van der Waals surface area (Å²) in [6, 6.07) is 3.25. The zero-order chi connectivity index (χ0) is 16.2. The zero-order valence-electron chi connectivity index (χ0n) is 12.8. The standard InChI is InChI=1S/C15H22Cl2N2O2/c1-5-15(3,4)19-14(20)9(2)21-13-10(8-18)6-11(16)7-12(13)17/h6-7,9H,5,8,18H2,1-4H3,(H,19,20). The van der Waals surface area contributed by atoms with E-state index in [-0.39, 0.29) is 18.0 Å². The molecular formula is C15H22Cl2N2O2. The van der Waals surface area contributed by atoms with Crippen LogP contribution < -0.4 is 15.8 Å². The predicted octanol–water partition coefficient (Wildman–Crippen LogP) is 3.52. The Balaban J connectivity index is 2.88. The molecule has 3 N–H and O–H groups in total. The lowest BCUT2D eigenvalue weighted by Crippen LogP contribution is -2.48. The molecule has 0 aliphatic heterocycles. The smallest absolute Gasteiger partial charge is 0.261 e. The maximum Gasteiger partial charge on any atom is 0.261 e. The first-order valence-electron chi connectivity index (χ1n) is 6.87. The highest BCUT2D eigenvalue weighted by Crippen LogP contribution is 2.33. The largest absolute Gasteiger partial charge is 0.479 e. The molecule has 0 bridgehead atoms. The number of halogens is 2. The van der Waals surface area contributed by atoms with Gasteiger partial charge in [-0.05, 0) is 39.3 Å². The van der Waals surface area contributed by atoms with Crippen LogP contribution in [0.1, 0.15) is 39.7 Å². The summed E-state index contributed by atoms with van der Waals surface area (Å²) in [5.41, 5.74) is 6.05. The summed E-state index contributed by atoms with van der Waals surface area (Å²) in [4.78, 5) is 12.2. The minimum absolute atomic E-state index is 0.198. The first-order chi connectivity index (χ1) is 9.70. The van der Waals surface area contributed by atoms with Gasteiger partial charge in [0.05, 0.1) is 5.02 Å². The predicted molar refractivity (Wildman–Crippen MR) is 87.0 cm³/mol. The van der Waals surface area contributed by atoms with E-state index in [4.69, 9.17) is 33.7 Å². The Kier molecular flexibility index (Phi) is 6.32. The van der Waals surface area contributed by atoms with Crippen LogP contribution in [0.2, 0.25) is 10.0 Å². The zero-order valence-corrected chi connectivity index (χ0v) is 14.3. The molecule has 1 amide bonds. The fraction of sp³-hybridized carbons (Fsp3) is 0.533. The Labute approximate surface area is 135 Å². The molecule has 0 saturated heterocycles. The first kappa shape index (κ1) is 18.1. The molecule has 0 radical (unpaired) electrons. The van der Waals surface area contributed by atoms with Crippen LogP contribution in [0.5, 0.6) is 5.75 Å². The van der Waals surface area contributed by atoms with Crippen LogP contribution in [0.3, 0.4) is 0 Å². The van der Waals surface area contributed by atoms with Crippen molar-refractivity contribution in [2.24, 2.45) is 5.73 Å². The second-order valence-electron chi connectivity index (χ2n) is 5.57. The number of hydrogen-bond donors (Lipinski definition) is 2.